The number of hydrogen-bond donors (Lipinski definition) is 3. The number of anilines is 2. The first-order chi connectivity index (χ1) is 10.1. The number of nitrogens with one attached hydrogen (secondary N) is 2. The van der Waals surface area contributed by atoms with E-state index in [1.165, 1.54) is 18.7 Å². The molecule has 0 unspecified atom stereocenters. The van der Waals surface area contributed by atoms with E-state index in [4.69, 9.17) is 5.84 Å². The molecule has 110 valence electrons. The summed E-state index contributed by atoms with van der Waals surface area (Å²) in [7, 11) is 0. The zero-order valence-corrected chi connectivity index (χ0v) is 12.7. The second-order valence-corrected chi connectivity index (χ2v) is 5.41. The van der Waals surface area contributed by atoms with Crippen LogP contribution in [-0.2, 0) is 11.2 Å². The summed E-state index contributed by atoms with van der Waals surface area (Å²) in [6.07, 6.45) is 0.741. The van der Waals surface area contributed by atoms with Crippen molar-refractivity contribution in [1.29, 1.82) is 0 Å². The van der Waals surface area contributed by atoms with Crippen LogP contribution in [0.3, 0.4) is 0 Å². The Kier molecular flexibility index (Phi) is 5.13. The standard InChI is InChI=1S/C14H17N5OS/c1-3-12-17-13(19-15)8-14(18-12)21-11-6-4-10(5-7-11)16-9(2)20/h4-8H,3,15H2,1-2H3,(H,16,20)(H,17,18,19). The number of rotatable bonds is 5. The summed E-state index contributed by atoms with van der Waals surface area (Å²) in [5, 5.41) is 3.55. The van der Waals surface area contributed by atoms with Crippen molar-refractivity contribution in [2.75, 3.05) is 10.7 Å². The van der Waals surface area contributed by atoms with E-state index in [0.29, 0.717) is 5.82 Å². The Balaban J connectivity index is 2.15. The third kappa shape index (κ3) is 4.44. The highest BCUT2D eigenvalue weighted by Gasteiger charge is 2.05. The number of hydrogen-bond acceptors (Lipinski definition) is 6. The molecule has 2 rings (SSSR count). The quantitative estimate of drug-likeness (QED) is 0.446. The molecule has 1 heterocycles. The molecule has 0 spiro atoms. The Morgan fingerprint density at radius 1 is 1.29 bits per heavy atom. The Morgan fingerprint density at radius 2 is 2.00 bits per heavy atom. The van der Waals surface area contributed by atoms with Gasteiger partial charge in [0.1, 0.15) is 16.7 Å². The highest BCUT2D eigenvalue weighted by atomic mass is 32.2. The minimum Gasteiger partial charge on any atom is -0.326 e. The summed E-state index contributed by atoms with van der Waals surface area (Å²) in [4.78, 5) is 20.7. The Bertz CT molecular complexity index is 608. The zero-order chi connectivity index (χ0) is 15.2. The van der Waals surface area contributed by atoms with Crippen LogP contribution in [0.4, 0.5) is 11.5 Å². The molecule has 6 nitrogen and oxygen atoms in total. The van der Waals surface area contributed by atoms with Crippen LogP contribution in [0.15, 0.2) is 40.3 Å². The number of amides is 1. The van der Waals surface area contributed by atoms with Gasteiger partial charge >= 0.3 is 0 Å². The van der Waals surface area contributed by atoms with Crippen molar-refractivity contribution in [1.82, 2.24) is 9.97 Å². The number of benzene rings is 1. The predicted molar refractivity (Wildman–Crippen MR) is 84.1 cm³/mol. The lowest BCUT2D eigenvalue weighted by Crippen LogP contribution is -2.10. The average molecular weight is 303 g/mol. The minimum atomic E-state index is -0.0857. The molecule has 2 aromatic rings. The minimum absolute atomic E-state index is 0.0857. The van der Waals surface area contributed by atoms with E-state index < -0.39 is 0 Å². The van der Waals surface area contributed by atoms with E-state index in [-0.39, 0.29) is 5.91 Å². The van der Waals surface area contributed by atoms with Crippen LogP contribution < -0.4 is 16.6 Å². The molecular weight excluding hydrogens is 286 g/mol. The van der Waals surface area contributed by atoms with Crippen molar-refractivity contribution in [2.24, 2.45) is 5.84 Å². The number of aryl methyl sites for hydroxylation is 1. The van der Waals surface area contributed by atoms with Crippen LogP contribution >= 0.6 is 11.8 Å². The largest absolute Gasteiger partial charge is 0.326 e. The second kappa shape index (κ2) is 7.05. The Hall–Kier alpha value is -2.12. The maximum atomic E-state index is 11.0. The van der Waals surface area contributed by atoms with Gasteiger partial charge in [-0.3, -0.25) is 4.79 Å². The van der Waals surface area contributed by atoms with Gasteiger partial charge in [-0.05, 0) is 24.3 Å². The topological polar surface area (TPSA) is 92.9 Å². The molecule has 0 saturated heterocycles. The van der Waals surface area contributed by atoms with Gasteiger partial charge < -0.3 is 10.7 Å². The normalized spacial score (nSPS) is 10.2. The summed E-state index contributed by atoms with van der Waals surface area (Å²) in [6.45, 7) is 3.48. The van der Waals surface area contributed by atoms with Gasteiger partial charge in [0.25, 0.3) is 0 Å². The van der Waals surface area contributed by atoms with Crippen molar-refractivity contribution in [3.63, 3.8) is 0 Å². The van der Waals surface area contributed by atoms with Gasteiger partial charge in [0.05, 0.1) is 0 Å². The molecule has 1 aromatic heterocycles. The van der Waals surface area contributed by atoms with Gasteiger partial charge in [-0.2, -0.15) is 0 Å². The molecule has 0 aliphatic heterocycles. The predicted octanol–water partition coefficient (Wildman–Crippen LogP) is 2.43. The molecule has 0 aliphatic carbocycles. The number of aromatic nitrogens is 2. The summed E-state index contributed by atoms with van der Waals surface area (Å²) < 4.78 is 0. The SMILES string of the molecule is CCc1nc(NN)cc(Sc2ccc(NC(C)=O)cc2)n1. The van der Waals surface area contributed by atoms with E-state index in [1.807, 2.05) is 31.2 Å². The van der Waals surface area contributed by atoms with Crippen molar-refractivity contribution in [2.45, 2.75) is 30.2 Å². The van der Waals surface area contributed by atoms with E-state index in [9.17, 15) is 4.79 Å². The lowest BCUT2D eigenvalue weighted by molar-refractivity contribution is -0.114. The molecular formula is C14H17N5OS. The molecule has 0 radical (unpaired) electrons. The molecule has 0 saturated carbocycles. The van der Waals surface area contributed by atoms with E-state index in [2.05, 4.69) is 20.7 Å². The van der Waals surface area contributed by atoms with Crippen molar-refractivity contribution in [3.05, 3.63) is 36.2 Å². The van der Waals surface area contributed by atoms with Crippen LogP contribution in [0.25, 0.3) is 0 Å². The summed E-state index contributed by atoms with van der Waals surface area (Å²) in [5.41, 5.74) is 3.32. The van der Waals surface area contributed by atoms with Crippen LogP contribution in [0, 0.1) is 0 Å². The molecule has 4 N–H and O–H groups in total. The molecule has 1 amide bonds. The average Bonchev–Trinajstić information content (AvgIpc) is 2.48. The van der Waals surface area contributed by atoms with Gasteiger partial charge in [0.15, 0.2) is 0 Å². The van der Waals surface area contributed by atoms with Crippen molar-refractivity contribution in [3.8, 4) is 0 Å². The van der Waals surface area contributed by atoms with Gasteiger partial charge in [-0.1, -0.05) is 18.7 Å². The van der Waals surface area contributed by atoms with Crippen molar-refractivity contribution >= 4 is 29.2 Å². The van der Waals surface area contributed by atoms with Crippen LogP contribution in [0.1, 0.15) is 19.7 Å². The first-order valence-corrected chi connectivity index (χ1v) is 7.32. The second-order valence-electron chi connectivity index (χ2n) is 4.31. The summed E-state index contributed by atoms with van der Waals surface area (Å²) in [5.74, 6) is 6.66. The third-order valence-electron chi connectivity index (χ3n) is 2.61. The van der Waals surface area contributed by atoms with Gasteiger partial charge in [-0.25, -0.2) is 15.8 Å². The molecule has 0 bridgehead atoms. The van der Waals surface area contributed by atoms with Crippen LogP contribution in [0.2, 0.25) is 0 Å². The lowest BCUT2D eigenvalue weighted by atomic mass is 10.3. The smallest absolute Gasteiger partial charge is 0.221 e. The Morgan fingerprint density at radius 3 is 2.57 bits per heavy atom. The summed E-state index contributed by atoms with van der Waals surface area (Å²) in [6, 6.07) is 9.37. The summed E-state index contributed by atoms with van der Waals surface area (Å²) >= 11 is 1.51. The van der Waals surface area contributed by atoms with Crippen LogP contribution in [-0.4, -0.2) is 15.9 Å². The van der Waals surface area contributed by atoms with E-state index in [0.717, 1.165) is 27.9 Å². The highest BCUT2D eigenvalue weighted by molar-refractivity contribution is 7.99. The molecule has 7 heteroatoms. The first kappa shape index (κ1) is 15.3. The van der Waals surface area contributed by atoms with Gasteiger partial charge in [-0.15, -0.1) is 0 Å². The number of nitrogens with two attached hydrogens (primary N) is 1. The zero-order valence-electron chi connectivity index (χ0n) is 11.9. The first-order valence-electron chi connectivity index (χ1n) is 6.50. The number of hydrazine groups is 1. The van der Waals surface area contributed by atoms with Crippen LogP contribution in [0.5, 0.6) is 0 Å². The van der Waals surface area contributed by atoms with Gasteiger partial charge in [0.2, 0.25) is 5.91 Å². The lowest BCUT2D eigenvalue weighted by Gasteiger charge is -2.07. The molecule has 0 fully saturated rings. The Labute approximate surface area is 127 Å². The molecule has 0 aliphatic rings. The molecule has 21 heavy (non-hydrogen) atoms. The monoisotopic (exact) mass is 303 g/mol. The number of carbonyl (C=O) groups is 1. The number of carbonyl (C=O) groups excluding carboxylic acids is 1. The fourth-order valence-corrected chi connectivity index (χ4v) is 2.52. The maximum absolute atomic E-state index is 11.0. The molecule has 1 aromatic carbocycles. The maximum Gasteiger partial charge on any atom is 0.221 e. The molecule has 0 atom stereocenters. The van der Waals surface area contributed by atoms with Crippen molar-refractivity contribution < 1.29 is 4.79 Å². The number of nitrogens with zero attached hydrogens (tertiary/aromatic N) is 2. The number of nitrogen functional groups attached to an aromatic ring is 1. The fourth-order valence-electron chi connectivity index (χ4n) is 1.69. The third-order valence-corrected chi connectivity index (χ3v) is 3.54. The van der Waals surface area contributed by atoms with E-state index in [1.54, 1.807) is 6.07 Å². The highest BCUT2D eigenvalue weighted by Crippen LogP contribution is 2.28. The van der Waals surface area contributed by atoms with Gasteiger partial charge in [0, 0.05) is 30.0 Å². The van der Waals surface area contributed by atoms with E-state index >= 15 is 0 Å². The fraction of sp³-hybridized carbons (Fsp3) is 0.214.